The Morgan fingerprint density at radius 1 is 1.00 bits per heavy atom. The first-order chi connectivity index (χ1) is 11.6. The Kier molecular flexibility index (Phi) is 3.58. The number of oxime groups is 1. The van der Waals surface area contributed by atoms with Gasteiger partial charge in [-0.3, -0.25) is 14.5 Å². The molecule has 120 valence electrons. The molecule has 0 aromatic heterocycles. The van der Waals surface area contributed by atoms with Gasteiger partial charge in [0.2, 0.25) is 12.0 Å². The van der Waals surface area contributed by atoms with Crippen molar-refractivity contribution in [2.24, 2.45) is 11.1 Å². The second kappa shape index (κ2) is 5.76. The number of hydrogen-bond donors (Lipinski definition) is 0. The molecule has 2 atom stereocenters. The molecule has 24 heavy (non-hydrogen) atoms. The molecule has 2 heterocycles. The number of likely N-dealkylation sites (tertiary alicyclic amines) is 1. The standard InChI is InChI=1S/C18H13ClN2O3/c19-13-8-6-12(7-9-13)15-14-16(24-20-15)18(23)21(17(14)22)10-11-4-2-1-3-5-11/h1-9,14,16H,10H2/t14-,16-/m1/s1. The molecule has 0 spiro atoms. The summed E-state index contributed by atoms with van der Waals surface area (Å²) in [5.41, 5.74) is 2.10. The number of carbonyl (C=O) groups is 2. The molecule has 0 saturated carbocycles. The lowest BCUT2D eigenvalue weighted by molar-refractivity contribution is -0.142. The highest BCUT2D eigenvalue weighted by molar-refractivity contribution is 6.31. The summed E-state index contributed by atoms with van der Waals surface area (Å²) < 4.78 is 0. The topological polar surface area (TPSA) is 59.0 Å². The van der Waals surface area contributed by atoms with Gasteiger partial charge in [-0.15, -0.1) is 0 Å². The highest BCUT2D eigenvalue weighted by atomic mass is 35.5. The number of carbonyl (C=O) groups excluding carboxylic acids is 2. The Morgan fingerprint density at radius 2 is 1.71 bits per heavy atom. The van der Waals surface area contributed by atoms with E-state index >= 15 is 0 Å². The molecule has 0 N–H and O–H groups in total. The molecule has 2 aliphatic rings. The minimum atomic E-state index is -0.869. The van der Waals surface area contributed by atoms with E-state index in [2.05, 4.69) is 5.16 Å². The second-order valence-corrected chi connectivity index (χ2v) is 6.17. The molecular formula is C18H13ClN2O3. The molecule has 5 nitrogen and oxygen atoms in total. The summed E-state index contributed by atoms with van der Waals surface area (Å²) in [5.74, 6) is -1.32. The molecule has 1 fully saturated rings. The van der Waals surface area contributed by atoms with Crippen LogP contribution in [0.3, 0.4) is 0 Å². The minimum Gasteiger partial charge on any atom is -0.381 e. The van der Waals surface area contributed by atoms with Crippen LogP contribution in [-0.2, 0) is 21.0 Å². The third-order valence-corrected chi connectivity index (χ3v) is 4.48. The number of rotatable bonds is 3. The molecule has 2 aromatic carbocycles. The first kappa shape index (κ1) is 14.9. The van der Waals surface area contributed by atoms with Gasteiger partial charge in [-0.2, -0.15) is 0 Å². The third kappa shape index (κ3) is 2.37. The molecule has 1 saturated heterocycles. The fourth-order valence-electron chi connectivity index (χ4n) is 3.01. The quantitative estimate of drug-likeness (QED) is 0.807. The third-order valence-electron chi connectivity index (χ3n) is 4.23. The van der Waals surface area contributed by atoms with Gasteiger partial charge in [0.1, 0.15) is 11.6 Å². The van der Waals surface area contributed by atoms with Crippen LogP contribution in [0.2, 0.25) is 5.02 Å². The van der Waals surface area contributed by atoms with Crippen molar-refractivity contribution in [3.63, 3.8) is 0 Å². The van der Waals surface area contributed by atoms with Crippen molar-refractivity contribution in [2.45, 2.75) is 12.6 Å². The van der Waals surface area contributed by atoms with E-state index in [1.807, 2.05) is 30.3 Å². The average molecular weight is 341 g/mol. The van der Waals surface area contributed by atoms with E-state index < -0.39 is 12.0 Å². The fraction of sp³-hybridized carbons (Fsp3) is 0.167. The second-order valence-electron chi connectivity index (χ2n) is 5.74. The van der Waals surface area contributed by atoms with Gasteiger partial charge >= 0.3 is 0 Å². The highest BCUT2D eigenvalue weighted by Gasteiger charge is 2.55. The van der Waals surface area contributed by atoms with Crippen molar-refractivity contribution < 1.29 is 14.4 Å². The molecule has 6 heteroatoms. The summed E-state index contributed by atoms with van der Waals surface area (Å²) >= 11 is 5.89. The molecule has 0 aliphatic carbocycles. The summed E-state index contributed by atoms with van der Waals surface area (Å²) in [5, 5.41) is 4.56. The number of benzene rings is 2. The lowest BCUT2D eigenvalue weighted by atomic mass is 9.94. The van der Waals surface area contributed by atoms with E-state index in [4.69, 9.17) is 16.4 Å². The Morgan fingerprint density at radius 3 is 2.42 bits per heavy atom. The monoisotopic (exact) mass is 340 g/mol. The van der Waals surface area contributed by atoms with Crippen LogP contribution in [0.1, 0.15) is 11.1 Å². The van der Waals surface area contributed by atoms with Crippen LogP contribution < -0.4 is 0 Å². The van der Waals surface area contributed by atoms with Gasteiger partial charge in [0, 0.05) is 10.6 Å². The Labute approximate surface area is 143 Å². The SMILES string of the molecule is O=C1[C@@H]2C(c3ccc(Cl)cc3)=NO[C@H]2C(=O)N1Cc1ccccc1. The number of fused-ring (bicyclic) bond motifs is 1. The van der Waals surface area contributed by atoms with E-state index in [1.165, 1.54) is 4.90 Å². The van der Waals surface area contributed by atoms with Gasteiger partial charge in [0.15, 0.2) is 0 Å². The zero-order chi connectivity index (χ0) is 16.7. The number of nitrogens with zero attached hydrogens (tertiary/aromatic N) is 2. The maximum absolute atomic E-state index is 12.8. The van der Waals surface area contributed by atoms with Gasteiger partial charge in [0.25, 0.3) is 5.91 Å². The van der Waals surface area contributed by atoms with E-state index in [1.54, 1.807) is 24.3 Å². The normalized spacial score (nSPS) is 22.4. The minimum absolute atomic E-state index is 0.239. The summed E-state index contributed by atoms with van der Waals surface area (Å²) in [4.78, 5) is 31.8. The average Bonchev–Trinajstić information content (AvgIpc) is 3.13. The zero-order valence-corrected chi connectivity index (χ0v) is 13.3. The van der Waals surface area contributed by atoms with Crippen molar-refractivity contribution in [3.05, 3.63) is 70.7 Å². The van der Waals surface area contributed by atoms with Crippen molar-refractivity contribution in [3.8, 4) is 0 Å². The largest absolute Gasteiger partial charge is 0.381 e. The predicted molar refractivity (Wildman–Crippen MR) is 88.4 cm³/mol. The molecule has 4 rings (SSSR count). The Balaban J connectivity index is 1.61. The van der Waals surface area contributed by atoms with Gasteiger partial charge in [-0.05, 0) is 17.7 Å². The lowest BCUT2D eigenvalue weighted by Gasteiger charge is -2.15. The van der Waals surface area contributed by atoms with Crippen LogP contribution >= 0.6 is 11.6 Å². The van der Waals surface area contributed by atoms with Crippen molar-refractivity contribution >= 4 is 29.1 Å². The smallest absolute Gasteiger partial charge is 0.274 e. The molecule has 2 aliphatic heterocycles. The van der Waals surface area contributed by atoms with Crippen LogP contribution in [0.15, 0.2) is 59.8 Å². The van der Waals surface area contributed by atoms with Gasteiger partial charge in [-0.1, -0.05) is 59.2 Å². The highest BCUT2D eigenvalue weighted by Crippen LogP contribution is 2.33. The summed E-state index contributed by atoms with van der Waals surface area (Å²) in [6.07, 6.45) is -0.869. The summed E-state index contributed by atoms with van der Waals surface area (Å²) in [7, 11) is 0. The van der Waals surface area contributed by atoms with Crippen molar-refractivity contribution in [2.75, 3.05) is 0 Å². The predicted octanol–water partition coefficient (Wildman–Crippen LogP) is 2.63. The van der Waals surface area contributed by atoms with Crippen LogP contribution in [0.4, 0.5) is 0 Å². The lowest BCUT2D eigenvalue weighted by Crippen LogP contribution is -2.32. The number of hydrogen-bond acceptors (Lipinski definition) is 4. The van der Waals surface area contributed by atoms with Crippen molar-refractivity contribution in [1.82, 2.24) is 4.90 Å². The number of amides is 2. The van der Waals surface area contributed by atoms with Gasteiger partial charge < -0.3 is 4.84 Å². The first-order valence-corrected chi connectivity index (χ1v) is 7.92. The van der Waals surface area contributed by atoms with Gasteiger partial charge in [-0.25, -0.2) is 0 Å². The molecule has 2 aromatic rings. The van der Waals surface area contributed by atoms with Crippen LogP contribution in [0.5, 0.6) is 0 Å². The van der Waals surface area contributed by atoms with Crippen LogP contribution in [0, 0.1) is 5.92 Å². The maximum atomic E-state index is 12.8. The summed E-state index contributed by atoms with van der Waals surface area (Å²) in [6.45, 7) is 0.239. The number of halogens is 1. The molecule has 0 unspecified atom stereocenters. The van der Waals surface area contributed by atoms with Gasteiger partial charge in [0.05, 0.1) is 6.54 Å². The van der Waals surface area contributed by atoms with E-state index in [0.29, 0.717) is 10.7 Å². The first-order valence-electron chi connectivity index (χ1n) is 7.54. The van der Waals surface area contributed by atoms with Crippen LogP contribution in [-0.4, -0.2) is 28.5 Å². The Bertz CT molecular complexity index is 833. The van der Waals surface area contributed by atoms with E-state index in [0.717, 1.165) is 11.1 Å². The molecular weight excluding hydrogens is 328 g/mol. The zero-order valence-electron chi connectivity index (χ0n) is 12.6. The van der Waals surface area contributed by atoms with E-state index in [9.17, 15) is 9.59 Å². The Hall–Kier alpha value is -2.66. The van der Waals surface area contributed by atoms with Crippen LogP contribution in [0.25, 0.3) is 0 Å². The summed E-state index contributed by atoms with van der Waals surface area (Å²) in [6, 6.07) is 16.4. The molecule has 0 radical (unpaired) electrons. The molecule has 2 amide bonds. The molecule has 0 bridgehead atoms. The van der Waals surface area contributed by atoms with Crippen molar-refractivity contribution in [1.29, 1.82) is 0 Å². The maximum Gasteiger partial charge on any atom is 0.274 e. The fourth-order valence-corrected chi connectivity index (χ4v) is 3.14. The van der Waals surface area contributed by atoms with E-state index in [-0.39, 0.29) is 18.4 Å². The number of imide groups is 1.